The lowest BCUT2D eigenvalue weighted by molar-refractivity contribution is -0.0567. The van der Waals surface area contributed by atoms with Gasteiger partial charge in [0.25, 0.3) is 0 Å². The van der Waals surface area contributed by atoms with Gasteiger partial charge in [-0.25, -0.2) is 0 Å². The molecule has 0 spiro atoms. The SMILES string of the molecule is COc1ccc([C@H]2OC[C@H](CCl)O2)cc1. The molecule has 2 atom stereocenters. The van der Waals surface area contributed by atoms with Gasteiger partial charge < -0.3 is 14.2 Å². The van der Waals surface area contributed by atoms with Crippen LogP contribution in [0.5, 0.6) is 5.75 Å². The highest BCUT2D eigenvalue weighted by atomic mass is 35.5. The van der Waals surface area contributed by atoms with E-state index in [1.54, 1.807) is 7.11 Å². The molecule has 0 amide bonds. The highest BCUT2D eigenvalue weighted by Gasteiger charge is 2.26. The van der Waals surface area contributed by atoms with Crippen LogP contribution in [0, 0.1) is 0 Å². The van der Waals surface area contributed by atoms with E-state index < -0.39 is 0 Å². The topological polar surface area (TPSA) is 27.7 Å². The van der Waals surface area contributed by atoms with E-state index in [2.05, 4.69) is 0 Å². The number of methoxy groups -OCH3 is 1. The first-order chi connectivity index (χ1) is 7.33. The third kappa shape index (κ3) is 2.43. The van der Waals surface area contributed by atoms with Crippen LogP contribution in [-0.2, 0) is 9.47 Å². The maximum absolute atomic E-state index is 5.68. The molecule has 3 nitrogen and oxygen atoms in total. The van der Waals surface area contributed by atoms with Crippen molar-refractivity contribution in [3.05, 3.63) is 29.8 Å². The first-order valence-electron chi connectivity index (χ1n) is 4.80. The second-order valence-corrected chi connectivity index (χ2v) is 3.66. The van der Waals surface area contributed by atoms with Crippen molar-refractivity contribution >= 4 is 11.6 Å². The molecule has 0 radical (unpaired) electrons. The molecule has 1 fully saturated rings. The zero-order valence-electron chi connectivity index (χ0n) is 8.48. The standard InChI is InChI=1S/C11H13ClO3/c1-13-9-4-2-8(3-5-9)11-14-7-10(6-12)15-11/h2-5,10-11H,6-7H2,1H3/t10-,11-/m0/s1. The van der Waals surface area contributed by atoms with Gasteiger partial charge in [0, 0.05) is 5.56 Å². The maximum Gasteiger partial charge on any atom is 0.184 e. The van der Waals surface area contributed by atoms with Gasteiger partial charge in [-0.05, 0) is 12.1 Å². The number of rotatable bonds is 3. The van der Waals surface area contributed by atoms with Crippen molar-refractivity contribution in [3.63, 3.8) is 0 Å². The maximum atomic E-state index is 5.68. The minimum Gasteiger partial charge on any atom is -0.497 e. The van der Waals surface area contributed by atoms with Crippen molar-refractivity contribution in [1.82, 2.24) is 0 Å². The number of benzene rings is 1. The predicted molar refractivity (Wildman–Crippen MR) is 57.3 cm³/mol. The largest absolute Gasteiger partial charge is 0.497 e. The molecule has 1 heterocycles. The average molecular weight is 229 g/mol. The smallest absolute Gasteiger partial charge is 0.184 e. The summed E-state index contributed by atoms with van der Waals surface area (Å²) in [6, 6.07) is 7.63. The molecule has 0 unspecified atom stereocenters. The highest BCUT2D eigenvalue weighted by Crippen LogP contribution is 2.28. The second-order valence-electron chi connectivity index (χ2n) is 3.35. The van der Waals surface area contributed by atoms with E-state index in [1.807, 2.05) is 24.3 Å². The molecule has 1 aliphatic heterocycles. The zero-order chi connectivity index (χ0) is 10.7. The van der Waals surface area contributed by atoms with Crippen molar-refractivity contribution in [3.8, 4) is 5.75 Å². The third-order valence-corrected chi connectivity index (χ3v) is 2.65. The van der Waals surface area contributed by atoms with Gasteiger partial charge in [-0.2, -0.15) is 0 Å². The van der Waals surface area contributed by atoms with Crippen LogP contribution in [-0.4, -0.2) is 25.7 Å². The summed E-state index contributed by atoms with van der Waals surface area (Å²) < 4.78 is 16.1. The van der Waals surface area contributed by atoms with Crippen molar-refractivity contribution < 1.29 is 14.2 Å². The summed E-state index contributed by atoms with van der Waals surface area (Å²) >= 11 is 5.68. The molecule has 0 N–H and O–H groups in total. The van der Waals surface area contributed by atoms with E-state index in [1.165, 1.54) is 0 Å². The third-order valence-electron chi connectivity index (χ3n) is 2.31. The Morgan fingerprint density at radius 2 is 2.13 bits per heavy atom. The fourth-order valence-electron chi connectivity index (χ4n) is 1.46. The normalized spacial score (nSPS) is 25.5. The van der Waals surface area contributed by atoms with Crippen LogP contribution in [0.25, 0.3) is 0 Å². The Kier molecular flexibility index (Phi) is 3.46. The molecule has 4 heteroatoms. The van der Waals surface area contributed by atoms with Gasteiger partial charge in [0.1, 0.15) is 5.75 Å². The highest BCUT2D eigenvalue weighted by molar-refractivity contribution is 6.18. The molecule has 1 saturated heterocycles. The van der Waals surface area contributed by atoms with Crippen LogP contribution in [0.3, 0.4) is 0 Å². The van der Waals surface area contributed by atoms with Gasteiger partial charge in [-0.15, -0.1) is 11.6 Å². The molecule has 82 valence electrons. The summed E-state index contributed by atoms with van der Waals surface area (Å²) in [5.74, 6) is 1.29. The van der Waals surface area contributed by atoms with E-state index in [9.17, 15) is 0 Å². The van der Waals surface area contributed by atoms with Crippen LogP contribution in [0.4, 0.5) is 0 Å². The molecule has 15 heavy (non-hydrogen) atoms. The quantitative estimate of drug-likeness (QED) is 0.744. The first kappa shape index (κ1) is 10.7. The van der Waals surface area contributed by atoms with Gasteiger partial charge in [0.15, 0.2) is 6.29 Å². The summed E-state index contributed by atoms with van der Waals surface area (Å²) in [5.41, 5.74) is 0.989. The zero-order valence-corrected chi connectivity index (χ0v) is 9.24. The summed E-state index contributed by atoms with van der Waals surface area (Å²) in [5, 5.41) is 0. The van der Waals surface area contributed by atoms with Crippen LogP contribution < -0.4 is 4.74 Å². The van der Waals surface area contributed by atoms with Gasteiger partial charge in [0.05, 0.1) is 25.7 Å². The fraction of sp³-hybridized carbons (Fsp3) is 0.455. The Hall–Kier alpha value is -0.770. The van der Waals surface area contributed by atoms with Crippen molar-refractivity contribution in [2.75, 3.05) is 19.6 Å². The van der Waals surface area contributed by atoms with Crippen molar-refractivity contribution in [1.29, 1.82) is 0 Å². The minimum absolute atomic E-state index is 0.00114. The monoisotopic (exact) mass is 228 g/mol. The van der Waals surface area contributed by atoms with Crippen LogP contribution in [0.15, 0.2) is 24.3 Å². The minimum atomic E-state index is -0.292. The molecule has 1 aromatic rings. The first-order valence-corrected chi connectivity index (χ1v) is 5.34. The Balaban J connectivity index is 2.04. The van der Waals surface area contributed by atoms with Crippen LogP contribution >= 0.6 is 11.6 Å². The Labute approximate surface area is 93.9 Å². The summed E-state index contributed by atoms with van der Waals surface area (Å²) in [7, 11) is 1.64. The van der Waals surface area contributed by atoms with Gasteiger partial charge >= 0.3 is 0 Å². The molecule has 0 bridgehead atoms. The lowest BCUT2D eigenvalue weighted by Crippen LogP contribution is -2.10. The van der Waals surface area contributed by atoms with Gasteiger partial charge in [-0.3, -0.25) is 0 Å². The van der Waals surface area contributed by atoms with Crippen molar-refractivity contribution in [2.45, 2.75) is 12.4 Å². The number of halogens is 1. The Morgan fingerprint density at radius 3 is 2.67 bits per heavy atom. The summed E-state index contributed by atoms with van der Waals surface area (Å²) in [6.45, 7) is 0.556. The fourth-order valence-corrected chi connectivity index (χ4v) is 1.63. The lowest BCUT2D eigenvalue weighted by Gasteiger charge is -2.10. The number of hydrogen-bond acceptors (Lipinski definition) is 3. The van der Waals surface area contributed by atoms with E-state index in [0.717, 1.165) is 11.3 Å². The molecule has 0 aliphatic carbocycles. The van der Waals surface area contributed by atoms with E-state index in [4.69, 9.17) is 25.8 Å². The summed E-state index contributed by atoms with van der Waals surface area (Å²) in [4.78, 5) is 0. The lowest BCUT2D eigenvalue weighted by atomic mass is 10.2. The van der Waals surface area contributed by atoms with Crippen LogP contribution in [0.1, 0.15) is 11.9 Å². The molecule has 1 aromatic carbocycles. The van der Waals surface area contributed by atoms with E-state index in [-0.39, 0.29) is 12.4 Å². The van der Waals surface area contributed by atoms with E-state index in [0.29, 0.717) is 12.5 Å². The Bertz CT molecular complexity index is 312. The van der Waals surface area contributed by atoms with E-state index >= 15 is 0 Å². The van der Waals surface area contributed by atoms with Crippen molar-refractivity contribution in [2.24, 2.45) is 0 Å². The number of alkyl halides is 1. The molecule has 0 saturated carbocycles. The van der Waals surface area contributed by atoms with Gasteiger partial charge in [0.2, 0.25) is 0 Å². The number of hydrogen-bond donors (Lipinski definition) is 0. The second kappa shape index (κ2) is 4.84. The average Bonchev–Trinajstić information content (AvgIpc) is 2.78. The van der Waals surface area contributed by atoms with Gasteiger partial charge in [-0.1, -0.05) is 12.1 Å². The Morgan fingerprint density at radius 1 is 1.40 bits per heavy atom. The molecular weight excluding hydrogens is 216 g/mol. The summed E-state index contributed by atoms with van der Waals surface area (Å²) in [6.07, 6.45) is -0.293. The molecular formula is C11H13ClO3. The molecule has 2 rings (SSSR count). The number of ether oxygens (including phenoxy) is 3. The molecule has 0 aromatic heterocycles. The van der Waals surface area contributed by atoms with Crippen LogP contribution in [0.2, 0.25) is 0 Å². The predicted octanol–water partition coefficient (Wildman–Crippen LogP) is 2.35. The molecule has 1 aliphatic rings.